The van der Waals surface area contributed by atoms with Crippen LogP contribution in [0.4, 0.5) is 22.1 Å². The maximum absolute atomic E-state index is 12.6. The molecule has 178 valence electrons. The lowest BCUT2D eigenvalue weighted by Gasteiger charge is -2.12. The number of hydrogen-bond acceptors (Lipinski definition) is 6. The van der Waals surface area contributed by atoms with Crippen molar-refractivity contribution < 1.29 is 9.72 Å². The number of hydrogen-bond donors (Lipinski definition) is 4. The molecule has 0 spiro atoms. The second-order valence-corrected chi connectivity index (χ2v) is 7.82. The Bertz CT molecular complexity index is 1380. The molecule has 4 rings (SSSR count). The summed E-state index contributed by atoms with van der Waals surface area (Å²) in [5.74, 6) is 0.484. The van der Waals surface area contributed by atoms with Gasteiger partial charge in [0.2, 0.25) is 11.9 Å². The Labute approximate surface area is 200 Å². The smallest absolute Gasteiger partial charge is 0.326 e. The normalized spacial score (nSPS) is 11.3. The maximum Gasteiger partial charge on any atom is 0.326 e. The molecule has 4 N–H and O–H groups in total. The molecule has 0 saturated carbocycles. The van der Waals surface area contributed by atoms with E-state index in [-0.39, 0.29) is 11.6 Å². The number of anilines is 2. The van der Waals surface area contributed by atoms with E-state index in [1.54, 1.807) is 0 Å². The van der Waals surface area contributed by atoms with Gasteiger partial charge in [0.05, 0.1) is 4.92 Å². The lowest BCUT2D eigenvalue weighted by Crippen LogP contribution is -2.39. The number of nitro benzene ring substituents is 1. The minimum Gasteiger partial charge on any atom is -0.361 e. The average molecular weight is 473 g/mol. The van der Waals surface area contributed by atoms with Gasteiger partial charge in [-0.05, 0) is 50.1 Å². The number of para-hydroxylation sites is 1. The van der Waals surface area contributed by atoms with Gasteiger partial charge in [-0.3, -0.25) is 25.7 Å². The predicted molar refractivity (Wildman–Crippen MR) is 135 cm³/mol. The van der Waals surface area contributed by atoms with Gasteiger partial charge in [-0.25, -0.2) is 14.8 Å². The standard InChI is InChI=1S/C24H24N8O3/c1-15-13-16(2)28-23(27-15)30-22(25-12-11-17-14-26-21-6-4-3-5-20(17)21)31-24(33)29-18-7-9-19(10-8-18)32(34)35/h3-10,13-14,26H,11-12H2,1-2H3,(H3,25,27,28,29,30,31,33). The van der Waals surface area contributed by atoms with E-state index >= 15 is 0 Å². The van der Waals surface area contributed by atoms with Gasteiger partial charge in [0, 0.05) is 52.9 Å². The number of aryl methyl sites for hydroxylation is 2. The topological polar surface area (TPSA) is 150 Å². The van der Waals surface area contributed by atoms with E-state index in [4.69, 9.17) is 0 Å². The minimum atomic E-state index is -0.568. The second kappa shape index (κ2) is 10.4. The number of urea groups is 1. The van der Waals surface area contributed by atoms with Crippen LogP contribution in [0.25, 0.3) is 10.9 Å². The first-order chi connectivity index (χ1) is 16.9. The van der Waals surface area contributed by atoms with E-state index in [9.17, 15) is 14.9 Å². The molecule has 2 amide bonds. The zero-order valence-electron chi connectivity index (χ0n) is 19.2. The Hall–Kier alpha value is -4.80. The highest BCUT2D eigenvalue weighted by Crippen LogP contribution is 2.18. The Balaban J connectivity index is 1.48. The summed E-state index contributed by atoms with van der Waals surface area (Å²) < 4.78 is 0. The Morgan fingerprint density at radius 2 is 1.77 bits per heavy atom. The van der Waals surface area contributed by atoms with Crippen molar-refractivity contribution in [3.05, 3.63) is 87.9 Å². The molecule has 0 fully saturated rings. The van der Waals surface area contributed by atoms with E-state index in [2.05, 4.69) is 35.9 Å². The second-order valence-electron chi connectivity index (χ2n) is 7.82. The fraction of sp³-hybridized carbons (Fsp3) is 0.167. The van der Waals surface area contributed by atoms with Gasteiger partial charge >= 0.3 is 6.03 Å². The summed E-state index contributed by atoms with van der Waals surface area (Å²) in [6.45, 7) is 4.09. The zero-order chi connectivity index (χ0) is 24.8. The number of aromatic amines is 1. The molecule has 0 aliphatic rings. The number of carbonyl (C=O) groups is 1. The van der Waals surface area contributed by atoms with Crippen molar-refractivity contribution in [3.8, 4) is 0 Å². The number of rotatable bonds is 6. The lowest BCUT2D eigenvalue weighted by molar-refractivity contribution is -0.384. The number of nitro groups is 1. The van der Waals surface area contributed by atoms with Gasteiger partial charge in [-0.15, -0.1) is 0 Å². The molecular weight excluding hydrogens is 448 g/mol. The van der Waals surface area contributed by atoms with E-state index in [1.807, 2.05) is 50.4 Å². The number of non-ortho nitro benzene ring substituents is 1. The molecular formula is C24H24N8O3. The number of carbonyl (C=O) groups excluding carboxylic acids is 1. The van der Waals surface area contributed by atoms with Crippen LogP contribution in [0, 0.1) is 24.0 Å². The fourth-order valence-corrected chi connectivity index (χ4v) is 3.56. The van der Waals surface area contributed by atoms with Crippen LogP contribution in [-0.2, 0) is 6.42 Å². The van der Waals surface area contributed by atoms with Crippen LogP contribution in [0.15, 0.2) is 65.8 Å². The number of aliphatic imine (C=N–C) groups is 1. The molecule has 0 atom stereocenters. The number of aromatic nitrogens is 3. The summed E-state index contributed by atoms with van der Waals surface area (Å²) in [5, 5.41) is 20.2. The molecule has 0 unspecified atom stereocenters. The Morgan fingerprint density at radius 1 is 1.06 bits per heavy atom. The number of nitrogens with zero attached hydrogens (tertiary/aromatic N) is 4. The van der Waals surface area contributed by atoms with Crippen molar-refractivity contribution in [1.29, 1.82) is 0 Å². The van der Waals surface area contributed by atoms with Crippen molar-refractivity contribution in [1.82, 2.24) is 20.3 Å². The Morgan fingerprint density at radius 3 is 2.49 bits per heavy atom. The lowest BCUT2D eigenvalue weighted by atomic mass is 10.1. The molecule has 2 aromatic carbocycles. The summed E-state index contributed by atoms with van der Waals surface area (Å²) >= 11 is 0. The van der Waals surface area contributed by atoms with Crippen LogP contribution >= 0.6 is 0 Å². The number of nitrogens with one attached hydrogen (secondary N) is 4. The van der Waals surface area contributed by atoms with Gasteiger partial charge in [0.25, 0.3) is 5.69 Å². The van der Waals surface area contributed by atoms with E-state index in [0.29, 0.717) is 24.6 Å². The first kappa shape index (κ1) is 23.4. The number of fused-ring (bicyclic) bond motifs is 1. The van der Waals surface area contributed by atoms with Crippen molar-refractivity contribution in [2.24, 2.45) is 4.99 Å². The molecule has 0 radical (unpaired) electrons. The van der Waals surface area contributed by atoms with Crippen molar-refractivity contribution >= 4 is 40.2 Å². The van der Waals surface area contributed by atoms with Gasteiger partial charge in [-0.1, -0.05) is 18.2 Å². The van der Waals surface area contributed by atoms with Crippen molar-refractivity contribution in [2.75, 3.05) is 17.2 Å². The van der Waals surface area contributed by atoms with E-state index < -0.39 is 11.0 Å². The van der Waals surface area contributed by atoms with Gasteiger partial charge < -0.3 is 10.3 Å². The first-order valence-electron chi connectivity index (χ1n) is 10.9. The van der Waals surface area contributed by atoms with Crippen LogP contribution < -0.4 is 16.0 Å². The molecule has 2 heterocycles. The van der Waals surface area contributed by atoms with Gasteiger partial charge in [0.15, 0.2) is 0 Å². The SMILES string of the molecule is Cc1cc(C)nc(NC(=NCCc2c[nH]c3ccccc23)NC(=O)Nc2ccc([N+](=O)[O-])cc2)n1. The van der Waals surface area contributed by atoms with Crippen molar-refractivity contribution in [2.45, 2.75) is 20.3 Å². The number of guanidine groups is 1. The molecule has 4 aromatic rings. The molecule has 2 aromatic heterocycles. The summed E-state index contributed by atoms with van der Waals surface area (Å²) in [6, 6.07) is 14.8. The largest absolute Gasteiger partial charge is 0.361 e. The maximum atomic E-state index is 12.6. The predicted octanol–water partition coefficient (Wildman–Crippen LogP) is 4.32. The van der Waals surface area contributed by atoms with E-state index in [0.717, 1.165) is 27.9 Å². The summed E-state index contributed by atoms with van der Waals surface area (Å²) in [7, 11) is 0. The highest BCUT2D eigenvalue weighted by molar-refractivity contribution is 6.07. The third kappa shape index (κ3) is 6.16. The van der Waals surface area contributed by atoms with Crippen LogP contribution in [-0.4, -0.2) is 38.4 Å². The van der Waals surface area contributed by atoms with Crippen LogP contribution in [0.1, 0.15) is 17.0 Å². The number of benzene rings is 2. The molecule has 0 bridgehead atoms. The zero-order valence-corrected chi connectivity index (χ0v) is 19.2. The van der Waals surface area contributed by atoms with Crippen LogP contribution in [0.5, 0.6) is 0 Å². The molecule has 35 heavy (non-hydrogen) atoms. The van der Waals surface area contributed by atoms with Gasteiger partial charge in [-0.2, -0.15) is 0 Å². The summed E-state index contributed by atoms with van der Waals surface area (Å²) in [6.07, 6.45) is 2.60. The van der Waals surface area contributed by atoms with E-state index in [1.165, 1.54) is 24.3 Å². The Kier molecular flexibility index (Phi) is 6.96. The summed E-state index contributed by atoms with van der Waals surface area (Å²) in [4.78, 5) is 39.4. The highest BCUT2D eigenvalue weighted by atomic mass is 16.6. The molecule has 11 nitrogen and oxygen atoms in total. The van der Waals surface area contributed by atoms with Crippen molar-refractivity contribution in [3.63, 3.8) is 0 Å². The molecule has 11 heteroatoms. The number of amides is 2. The first-order valence-corrected chi connectivity index (χ1v) is 10.9. The number of H-pyrrole nitrogens is 1. The minimum absolute atomic E-state index is 0.0656. The molecule has 0 aliphatic heterocycles. The van der Waals surface area contributed by atoms with Gasteiger partial charge in [0.1, 0.15) is 0 Å². The summed E-state index contributed by atoms with van der Waals surface area (Å²) in [5.41, 5.74) is 4.04. The highest BCUT2D eigenvalue weighted by Gasteiger charge is 2.11. The third-order valence-electron chi connectivity index (χ3n) is 5.11. The fourth-order valence-electron chi connectivity index (χ4n) is 3.56. The molecule has 0 aliphatic carbocycles. The third-order valence-corrected chi connectivity index (χ3v) is 5.11. The average Bonchev–Trinajstić information content (AvgIpc) is 3.22. The van der Waals surface area contributed by atoms with Crippen LogP contribution in [0.3, 0.4) is 0 Å². The van der Waals surface area contributed by atoms with Crippen LogP contribution in [0.2, 0.25) is 0 Å². The monoisotopic (exact) mass is 472 g/mol. The molecule has 0 saturated heterocycles. The quantitative estimate of drug-likeness (QED) is 0.142.